The Kier molecular flexibility index (Phi) is 6.51. The average Bonchev–Trinajstić information content (AvgIpc) is 3.22. The highest BCUT2D eigenvalue weighted by Gasteiger charge is 2.13. The molecule has 32 heavy (non-hydrogen) atoms. The first-order valence-corrected chi connectivity index (χ1v) is 10.3. The molecular weight excluding hydrogens is 404 g/mol. The Balaban J connectivity index is 1.37. The lowest BCUT2D eigenvalue weighted by atomic mass is 10.1. The van der Waals surface area contributed by atoms with E-state index in [0.717, 1.165) is 28.3 Å². The van der Waals surface area contributed by atoms with Crippen molar-refractivity contribution in [3.63, 3.8) is 0 Å². The van der Waals surface area contributed by atoms with Gasteiger partial charge in [0, 0.05) is 17.7 Å². The van der Waals surface area contributed by atoms with Gasteiger partial charge in [-0.15, -0.1) is 0 Å². The molecule has 1 aromatic heterocycles. The van der Waals surface area contributed by atoms with Gasteiger partial charge >= 0.3 is 0 Å². The number of carbonyl (C=O) groups is 1. The molecule has 3 aromatic carbocycles. The highest BCUT2D eigenvalue weighted by Crippen LogP contribution is 2.23. The average molecular weight is 428 g/mol. The highest BCUT2D eigenvalue weighted by molar-refractivity contribution is 5.94. The number of carbonyl (C=O) groups excluding carboxylic acids is 1. The maximum atomic E-state index is 12.5. The van der Waals surface area contributed by atoms with Crippen LogP contribution in [0, 0.1) is 6.92 Å². The van der Waals surface area contributed by atoms with Crippen LogP contribution in [0.5, 0.6) is 11.5 Å². The number of methoxy groups -OCH3 is 1. The number of amides is 1. The number of nitrogens with zero attached hydrogens (tertiary/aromatic N) is 1. The van der Waals surface area contributed by atoms with Crippen molar-refractivity contribution < 1.29 is 18.7 Å². The van der Waals surface area contributed by atoms with E-state index in [1.165, 1.54) is 0 Å². The van der Waals surface area contributed by atoms with Gasteiger partial charge in [0.05, 0.1) is 7.11 Å². The zero-order valence-corrected chi connectivity index (χ0v) is 18.0. The molecule has 0 atom stereocenters. The van der Waals surface area contributed by atoms with Crippen LogP contribution in [0.25, 0.3) is 11.5 Å². The van der Waals surface area contributed by atoms with Crippen LogP contribution in [0.4, 0.5) is 0 Å². The van der Waals surface area contributed by atoms with Gasteiger partial charge in [0.2, 0.25) is 5.89 Å². The summed E-state index contributed by atoms with van der Waals surface area (Å²) in [7, 11) is 1.62. The molecule has 6 nitrogen and oxygen atoms in total. The minimum absolute atomic E-state index is 0.145. The van der Waals surface area contributed by atoms with Gasteiger partial charge < -0.3 is 19.2 Å². The van der Waals surface area contributed by atoms with E-state index in [0.29, 0.717) is 30.4 Å². The number of benzene rings is 3. The SMILES string of the molecule is COc1ccc(CNC(=O)c2ccc(-c3nc(COc4ccccc4)c(C)o3)cc2)cc1. The summed E-state index contributed by atoms with van der Waals surface area (Å²) in [6.45, 7) is 2.63. The van der Waals surface area contributed by atoms with Crippen molar-refractivity contribution in [2.75, 3.05) is 7.11 Å². The molecule has 0 saturated heterocycles. The normalized spacial score (nSPS) is 10.6. The van der Waals surface area contributed by atoms with E-state index in [2.05, 4.69) is 10.3 Å². The van der Waals surface area contributed by atoms with E-state index in [1.807, 2.05) is 73.7 Å². The Morgan fingerprint density at radius 1 is 0.938 bits per heavy atom. The first-order valence-electron chi connectivity index (χ1n) is 10.3. The lowest BCUT2D eigenvalue weighted by Crippen LogP contribution is -2.22. The van der Waals surface area contributed by atoms with Crippen LogP contribution in [0.15, 0.2) is 83.3 Å². The third kappa shape index (κ3) is 5.16. The molecule has 4 rings (SSSR count). The minimum Gasteiger partial charge on any atom is -0.497 e. The summed E-state index contributed by atoms with van der Waals surface area (Å²) in [4.78, 5) is 17.0. The smallest absolute Gasteiger partial charge is 0.251 e. The molecule has 162 valence electrons. The minimum atomic E-state index is -0.145. The molecule has 1 amide bonds. The first kappa shape index (κ1) is 21.2. The Morgan fingerprint density at radius 2 is 1.66 bits per heavy atom. The summed E-state index contributed by atoms with van der Waals surface area (Å²) in [6.07, 6.45) is 0. The summed E-state index contributed by atoms with van der Waals surface area (Å²) >= 11 is 0. The van der Waals surface area contributed by atoms with E-state index < -0.39 is 0 Å². The number of para-hydroxylation sites is 1. The van der Waals surface area contributed by atoms with Crippen LogP contribution in [0.1, 0.15) is 27.4 Å². The lowest BCUT2D eigenvalue weighted by Gasteiger charge is -2.07. The second kappa shape index (κ2) is 9.83. The van der Waals surface area contributed by atoms with Crippen molar-refractivity contribution in [1.29, 1.82) is 0 Å². The number of rotatable bonds is 8. The number of oxazole rings is 1. The fourth-order valence-corrected chi connectivity index (χ4v) is 3.15. The topological polar surface area (TPSA) is 73.6 Å². The van der Waals surface area contributed by atoms with Crippen molar-refractivity contribution in [1.82, 2.24) is 10.3 Å². The standard InChI is InChI=1S/C26H24N2O4/c1-18-24(17-31-23-6-4-3-5-7-23)28-26(32-18)21-12-10-20(11-13-21)25(29)27-16-19-8-14-22(30-2)15-9-19/h3-15H,16-17H2,1-2H3,(H,27,29). The summed E-state index contributed by atoms with van der Waals surface area (Å²) in [5.41, 5.74) is 3.10. The lowest BCUT2D eigenvalue weighted by molar-refractivity contribution is 0.0951. The Bertz CT molecular complexity index is 1170. The molecular formula is C26H24N2O4. The second-order valence-corrected chi connectivity index (χ2v) is 7.23. The van der Waals surface area contributed by atoms with Crippen LogP contribution in [0.3, 0.4) is 0 Å². The van der Waals surface area contributed by atoms with E-state index in [9.17, 15) is 4.79 Å². The number of hydrogen-bond acceptors (Lipinski definition) is 5. The molecule has 0 fully saturated rings. The summed E-state index contributed by atoms with van der Waals surface area (Å²) in [6, 6.07) is 24.3. The summed E-state index contributed by atoms with van der Waals surface area (Å²) < 4.78 is 16.7. The van der Waals surface area contributed by atoms with Gasteiger partial charge in [0.15, 0.2) is 0 Å². The van der Waals surface area contributed by atoms with Crippen molar-refractivity contribution in [2.45, 2.75) is 20.1 Å². The van der Waals surface area contributed by atoms with Gasteiger partial charge in [-0.05, 0) is 61.0 Å². The van der Waals surface area contributed by atoms with Crippen LogP contribution in [0.2, 0.25) is 0 Å². The maximum absolute atomic E-state index is 12.5. The summed E-state index contributed by atoms with van der Waals surface area (Å²) in [5, 5.41) is 2.92. The van der Waals surface area contributed by atoms with Crippen molar-refractivity contribution in [2.24, 2.45) is 0 Å². The third-order valence-electron chi connectivity index (χ3n) is 5.02. The zero-order chi connectivity index (χ0) is 22.3. The number of aryl methyl sites for hydroxylation is 1. The second-order valence-electron chi connectivity index (χ2n) is 7.23. The summed E-state index contributed by atoms with van der Waals surface area (Å²) in [5.74, 6) is 2.62. The van der Waals surface area contributed by atoms with E-state index in [4.69, 9.17) is 13.9 Å². The number of ether oxygens (including phenoxy) is 2. The van der Waals surface area contributed by atoms with E-state index in [-0.39, 0.29) is 5.91 Å². The van der Waals surface area contributed by atoms with E-state index in [1.54, 1.807) is 19.2 Å². The van der Waals surface area contributed by atoms with Crippen LogP contribution in [-0.4, -0.2) is 18.0 Å². The molecule has 0 aliphatic rings. The number of aromatic nitrogens is 1. The molecule has 0 bridgehead atoms. The third-order valence-corrected chi connectivity index (χ3v) is 5.02. The monoisotopic (exact) mass is 428 g/mol. The Morgan fingerprint density at radius 3 is 2.34 bits per heavy atom. The molecule has 0 saturated carbocycles. The van der Waals surface area contributed by atoms with Gasteiger partial charge in [-0.2, -0.15) is 0 Å². The van der Waals surface area contributed by atoms with Crippen LogP contribution >= 0.6 is 0 Å². The molecule has 0 aliphatic heterocycles. The molecule has 0 spiro atoms. The van der Waals surface area contributed by atoms with Crippen LogP contribution < -0.4 is 14.8 Å². The van der Waals surface area contributed by atoms with Gasteiger partial charge in [-0.25, -0.2) is 4.98 Å². The highest BCUT2D eigenvalue weighted by atomic mass is 16.5. The molecule has 6 heteroatoms. The van der Waals surface area contributed by atoms with Crippen molar-refractivity contribution in [3.8, 4) is 23.0 Å². The maximum Gasteiger partial charge on any atom is 0.251 e. The van der Waals surface area contributed by atoms with Crippen molar-refractivity contribution >= 4 is 5.91 Å². The quantitative estimate of drug-likeness (QED) is 0.419. The van der Waals surface area contributed by atoms with Gasteiger partial charge in [0.1, 0.15) is 29.6 Å². The predicted molar refractivity (Wildman–Crippen MR) is 122 cm³/mol. The predicted octanol–water partition coefficient (Wildman–Crippen LogP) is 5.17. The molecule has 4 aromatic rings. The molecule has 1 N–H and O–H groups in total. The zero-order valence-electron chi connectivity index (χ0n) is 18.0. The fraction of sp³-hybridized carbons (Fsp3) is 0.154. The Hall–Kier alpha value is -4.06. The molecule has 0 unspecified atom stereocenters. The number of nitrogens with one attached hydrogen (secondary N) is 1. The van der Waals surface area contributed by atoms with Crippen molar-refractivity contribution in [3.05, 3.63) is 101 Å². The number of hydrogen-bond donors (Lipinski definition) is 1. The van der Waals surface area contributed by atoms with Gasteiger partial charge in [0.25, 0.3) is 5.91 Å². The molecule has 0 aliphatic carbocycles. The molecule has 0 radical (unpaired) electrons. The largest absolute Gasteiger partial charge is 0.497 e. The first-order chi connectivity index (χ1) is 15.6. The van der Waals surface area contributed by atoms with Gasteiger partial charge in [-0.1, -0.05) is 30.3 Å². The molecule has 1 heterocycles. The van der Waals surface area contributed by atoms with Gasteiger partial charge in [-0.3, -0.25) is 4.79 Å². The fourth-order valence-electron chi connectivity index (χ4n) is 3.15. The van der Waals surface area contributed by atoms with E-state index >= 15 is 0 Å². The Labute approximate surface area is 186 Å². The van der Waals surface area contributed by atoms with Crippen LogP contribution in [-0.2, 0) is 13.2 Å².